The Morgan fingerprint density at radius 2 is 1.86 bits per heavy atom. The van der Waals surface area contributed by atoms with Gasteiger partial charge in [0, 0.05) is 22.6 Å². The van der Waals surface area contributed by atoms with Gasteiger partial charge in [-0.1, -0.05) is 65.6 Å². The molecule has 0 radical (unpaired) electrons. The normalized spacial score (nSPS) is 10.9. The van der Waals surface area contributed by atoms with Crippen LogP contribution in [-0.2, 0) is 13.2 Å². The van der Waals surface area contributed by atoms with E-state index in [1.165, 1.54) is 0 Å². The molecule has 112 valence electrons. The van der Waals surface area contributed by atoms with E-state index in [9.17, 15) is 0 Å². The summed E-state index contributed by atoms with van der Waals surface area (Å²) in [5.74, 6) is 0.759. The fourth-order valence-electron chi connectivity index (χ4n) is 1.90. The van der Waals surface area contributed by atoms with Gasteiger partial charge in [0.2, 0.25) is 0 Å². The average Bonchev–Trinajstić information content (AvgIpc) is 2.46. The van der Waals surface area contributed by atoms with E-state index in [1.807, 2.05) is 42.5 Å². The Bertz CT molecular complexity index is 584. The highest BCUT2D eigenvalue weighted by Gasteiger charge is 2.09. The molecule has 0 aliphatic heterocycles. The summed E-state index contributed by atoms with van der Waals surface area (Å²) in [5.41, 5.74) is 2.19. The molecular formula is C17H19BrClNO. The standard InChI is InChI=1S/C17H19BrClNO/c1-12(2)20-10-14-4-3-5-16(19)17(14)21-11-13-6-8-15(18)9-7-13/h3-9,12,20H,10-11H2,1-2H3. The van der Waals surface area contributed by atoms with E-state index in [-0.39, 0.29) is 0 Å². The lowest BCUT2D eigenvalue weighted by Gasteiger charge is -2.15. The number of halogens is 2. The maximum atomic E-state index is 6.28. The van der Waals surface area contributed by atoms with Crippen molar-refractivity contribution in [1.82, 2.24) is 5.32 Å². The molecule has 2 rings (SSSR count). The largest absolute Gasteiger partial charge is 0.487 e. The molecule has 0 aromatic heterocycles. The van der Waals surface area contributed by atoms with E-state index in [2.05, 4.69) is 35.1 Å². The number of benzene rings is 2. The monoisotopic (exact) mass is 367 g/mol. The highest BCUT2D eigenvalue weighted by molar-refractivity contribution is 9.10. The highest BCUT2D eigenvalue weighted by Crippen LogP contribution is 2.29. The van der Waals surface area contributed by atoms with Crippen molar-refractivity contribution in [2.75, 3.05) is 0 Å². The Labute approximate surface area is 139 Å². The van der Waals surface area contributed by atoms with Crippen LogP contribution in [0.2, 0.25) is 5.02 Å². The van der Waals surface area contributed by atoms with Gasteiger partial charge in [-0.05, 0) is 23.8 Å². The summed E-state index contributed by atoms with van der Waals surface area (Å²) in [5, 5.41) is 4.04. The van der Waals surface area contributed by atoms with Crippen LogP contribution in [0.4, 0.5) is 0 Å². The predicted molar refractivity (Wildman–Crippen MR) is 91.9 cm³/mol. The third-order valence-electron chi connectivity index (χ3n) is 3.05. The quantitative estimate of drug-likeness (QED) is 0.758. The average molecular weight is 369 g/mol. The number of hydrogen-bond acceptors (Lipinski definition) is 2. The van der Waals surface area contributed by atoms with Crippen molar-refractivity contribution in [1.29, 1.82) is 0 Å². The first-order valence-corrected chi connectivity index (χ1v) is 8.11. The first-order valence-electron chi connectivity index (χ1n) is 6.94. The third kappa shape index (κ3) is 5.03. The molecule has 0 aliphatic rings. The molecule has 21 heavy (non-hydrogen) atoms. The smallest absolute Gasteiger partial charge is 0.142 e. The number of nitrogens with one attached hydrogen (secondary N) is 1. The molecule has 0 atom stereocenters. The molecule has 0 aliphatic carbocycles. The van der Waals surface area contributed by atoms with Crippen molar-refractivity contribution >= 4 is 27.5 Å². The van der Waals surface area contributed by atoms with Crippen molar-refractivity contribution in [2.24, 2.45) is 0 Å². The molecule has 2 aromatic rings. The van der Waals surface area contributed by atoms with Gasteiger partial charge in [-0.2, -0.15) is 0 Å². The van der Waals surface area contributed by atoms with Crippen LogP contribution >= 0.6 is 27.5 Å². The second-order valence-corrected chi connectivity index (χ2v) is 6.50. The van der Waals surface area contributed by atoms with Crippen molar-refractivity contribution < 1.29 is 4.74 Å². The van der Waals surface area contributed by atoms with Gasteiger partial charge in [0.15, 0.2) is 0 Å². The molecule has 1 N–H and O–H groups in total. The lowest BCUT2D eigenvalue weighted by molar-refractivity contribution is 0.302. The molecule has 0 bridgehead atoms. The number of ether oxygens (including phenoxy) is 1. The van der Waals surface area contributed by atoms with Gasteiger partial charge in [-0.25, -0.2) is 0 Å². The van der Waals surface area contributed by atoms with Crippen LogP contribution in [-0.4, -0.2) is 6.04 Å². The van der Waals surface area contributed by atoms with Gasteiger partial charge in [-0.15, -0.1) is 0 Å². The van der Waals surface area contributed by atoms with Gasteiger partial charge in [-0.3, -0.25) is 0 Å². The van der Waals surface area contributed by atoms with Gasteiger partial charge in [0.1, 0.15) is 12.4 Å². The summed E-state index contributed by atoms with van der Waals surface area (Å²) in [7, 11) is 0. The molecule has 0 heterocycles. The molecule has 0 saturated carbocycles. The Morgan fingerprint density at radius 1 is 1.14 bits per heavy atom. The molecule has 0 amide bonds. The van der Waals surface area contributed by atoms with Crippen LogP contribution in [0.1, 0.15) is 25.0 Å². The fourth-order valence-corrected chi connectivity index (χ4v) is 2.42. The van der Waals surface area contributed by atoms with E-state index in [0.29, 0.717) is 17.7 Å². The van der Waals surface area contributed by atoms with E-state index in [4.69, 9.17) is 16.3 Å². The van der Waals surface area contributed by atoms with E-state index in [1.54, 1.807) is 0 Å². The van der Waals surface area contributed by atoms with Crippen LogP contribution in [0.5, 0.6) is 5.75 Å². The molecule has 0 saturated heterocycles. The summed E-state index contributed by atoms with van der Waals surface area (Å²) in [6.45, 7) is 5.49. The van der Waals surface area contributed by atoms with E-state index in [0.717, 1.165) is 27.9 Å². The molecule has 0 unspecified atom stereocenters. The van der Waals surface area contributed by atoms with Crippen LogP contribution in [0.3, 0.4) is 0 Å². The number of rotatable bonds is 6. The van der Waals surface area contributed by atoms with Gasteiger partial charge in [0.05, 0.1) is 5.02 Å². The third-order valence-corrected chi connectivity index (χ3v) is 3.87. The predicted octanol–water partition coefficient (Wildman–Crippen LogP) is 5.18. The van der Waals surface area contributed by atoms with E-state index >= 15 is 0 Å². The first-order chi connectivity index (χ1) is 10.1. The molecule has 2 nitrogen and oxygen atoms in total. The molecule has 0 spiro atoms. The maximum absolute atomic E-state index is 6.28. The Hall–Kier alpha value is -1.03. The highest BCUT2D eigenvalue weighted by atomic mass is 79.9. The first kappa shape index (κ1) is 16.3. The van der Waals surface area contributed by atoms with Crippen molar-refractivity contribution in [3.05, 3.63) is 63.1 Å². The van der Waals surface area contributed by atoms with Gasteiger partial charge < -0.3 is 10.1 Å². The van der Waals surface area contributed by atoms with Crippen molar-refractivity contribution in [3.8, 4) is 5.75 Å². The van der Waals surface area contributed by atoms with Crippen molar-refractivity contribution in [3.63, 3.8) is 0 Å². The van der Waals surface area contributed by atoms with Crippen LogP contribution in [0.15, 0.2) is 46.9 Å². The lowest BCUT2D eigenvalue weighted by Crippen LogP contribution is -2.22. The number of hydrogen-bond donors (Lipinski definition) is 1. The van der Waals surface area contributed by atoms with Gasteiger partial charge >= 0.3 is 0 Å². The fraction of sp³-hybridized carbons (Fsp3) is 0.294. The lowest BCUT2D eigenvalue weighted by atomic mass is 10.2. The second kappa shape index (κ2) is 7.83. The molecule has 4 heteroatoms. The maximum Gasteiger partial charge on any atom is 0.142 e. The minimum atomic E-state index is 0.420. The SMILES string of the molecule is CC(C)NCc1cccc(Cl)c1OCc1ccc(Br)cc1. The summed E-state index contributed by atoms with van der Waals surface area (Å²) < 4.78 is 7.00. The summed E-state index contributed by atoms with van der Waals surface area (Å²) in [6, 6.07) is 14.4. The second-order valence-electron chi connectivity index (χ2n) is 5.18. The summed E-state index contributed by atoms with van der Waals surface area (Å²) >= 11 is 9.70. The summed E-state index contributed by atoms with van der Waals surface area (Å²) in [6.07, 6.45) is 0. The zero-order chi connectivity index (χ0) is 15.2. The molecule has 2 aromatic carbocycles. The van der Waals surface area contributed by atoms with Crippen LogP contribution in [0.25, 0.3) is 0 Å². The molecular weight excluding hydrogens is 350 g/mol. The Balaban J connectivity index is 2.09. The Kier molecular flexibility index (Phi) is 6.09. The minimum absolute atomic E-state index is 0.420. The zero-order valence-electron chi connectivity index (χ0n) is 12.2. The van der Waals surface area contributed by atoms with Crippen molar-refractivity contribution in [2.45, 2.75) is 33.0 Å². The minimum Gasteiger partial charge on any atom is -0.487 e. The van der Waals surface area contributed by atoms with E-state index < -0.39 is 0 Å². The molecule has 0 fully saturated rings. The topological polar surface area (TPSA) is 21.3 Å². The number of para-hydroxylation sites is 1. The van der Waals surface area contributed by atoms with Crippen LogP contribution < -0.4 is 10.1 Å². The Morgan fingerprint density at radius 3 is 2.52 bits per heavy atom. The summed E-state index contributed by atoms with van der Waals surface area (Å²) in [4.78, 5) is 0. The van der Waals surface area contributed by atoms with Gasteiger partial charge in [0.25, 0.3) is 0 Å². The zero-order valence-corrected chi connectivity index (χ0v) is 14.5. The van der Waals surface area contributed by atoms with Crippen LogP contribution in [0, 0.1) is 0 Å².